The molecule has 0 aromatic heterocycles. The zero-order valence-electron chi connectivity index (χ0n) is 19.2. The molecule has 0 aromatic rings. The van der Waals surface area contributed by atoms with Crippen molar-refractivity contribution in [2.75, 3.05) is 6.54 Å². The zero-order chi connectivity index (χ0) is 25.7. The average Bonchev–Trinajstić information content (AvgIpc) is 2.71. The van der Waals surface area contributed by atoms with E-state index in [-0.39, 0.29) is 19.3 Å². The Bertz CT molecular complexity index is 685. The maximum Gasteiger partial charge on any atom is 0.326 e. The number of rotatable bonds is 16. The monoisotopic (exact) mass is 475 g/mol. The third-order valence-electron chi connectivity index (χ3n) is 4.88. The van der Waals surface area contributed by atoms with Crippen LogP contribution in [0.1, 0.15) is 52.9 Å². The summed E-state index contributed by atoms with van der Waals surface area (Å²) in [6.07, 6.45) is -0.732. The van der Waals surface area contributed by atoms with Crippen LogP contribution in [0.25, 0.3) is 0 Å². The molecule has 3 amide bonds. The van der Waals surface area contributed by atoms with E-state index in [1.54, 1.807) is 13.8 Å². The molecule has 0 bridgehead atoms. The van der Waals surface area contributed by atoms with Crippen LogP contribution >= 0.6 is 0 Å². The number of carbonyl (C=O) groups excluding carboxylic acids is 3. The van der Waals surface area contributed by atoms with Gasteiger partial charge in [0.1, 0.15) is 18.1 Å². The topological polar surface area (TPSA) is 234 Å². The first kappa shape index (κ1) is 30.2. The quantitative estimate of drug-likeness (QED) is 0.113. The van der Waals surface area contributed by atoms with Crippen LogP contribution in [0.3, 0.4) is 0 Å². The molecule has 190 valence electrons. The van der Waals surface area contributed by atoms with Gasteiger partial charge in [0.05, 0.1) is 12.1 Å². The lowest BCUT2D eigenvalue weighted by Gasteiger charge is -2.27. The van der Waals surface area contributed by atoms with Crippen LogP contribution in [0.4, 0.5) is 0 Å². The minimum absolute atomic E-state index is 0.151. The predicted octanol–water partition coefficient (Wildman–Crippen LogP) is -2.12. The van der Waals surface area contributed by atoms with Crippen molar-refractivity contribution < 1.29 is 39.3 Å². The van der Waals surface area contributed by atoms with E-state index in [1.165, 1.54) is 6.92 Å². The number of hydrogen-bond acceptors (Lipinski definition) is 8. The van der Waals surface area contributed by atoms with Gasteiger partial charge in [0, 0.05) is 6.42 Å². The number of aliphatic hydroxyl groups excluding tert-OH is 1. The van der Waals surface area contributed by atoms with Crippen LogP contribution in [0, 0.1) is 5.92 Å². The van der Waals surface area contributed by atoms with Crippen LogP contribution in [0.2, 0.25) is 0 Å². The zero-order valence-corrected chi connectivity index (χ0v) is 19.2. The van der Waals surface area contributed by atoms with Crippen LogP contribution in [0.15, 0.2) is 0 Å². The largest absolute Gasteiger partial charge is 0.481 e. The Labute approximate surface area is 192 Å². The molecule has 13 heteroatoms. The molecule has 0 rings (SSSR count). The van der Waals surface area contributed by atoms with Crippen LogP contribution in [-0.4, -0.2) is 81.8 Å². The number of carbonyl (C=O) groups is 5. The molecule has 10 N–H and O–H groups in total. The first-order chi connectivity index (χ1) is 15.3. The summed E-state index contributed by atoms with van der Waals surface area (Å²) in [5, 5.41) is 35.1. The highest BCUT2D eigenvalue weighted by atomic mass is 16.4. The Hall–Kier alpha value is -2.77. The number of nitrogens with one attached hydrogen (secondary N) is 3. The van der Waals surface area contributed by atoms with Gasteiger partial charge in [-0.1, -0.05) is 13.8 Å². The van der Waals surface area contributed by atoms with Crippen molar-refractivity contribution in [1.82, 2.24) is 16.0 Å². The second-order valence-corrected chi connectivity index (χ2v) is 8.18. The molecule has 0 heterocycles. The van der Waals surface area contributed by atoms with E-state index >= 15 is 0 Å². The molecule has 5 atom stereocenters. The minimum Gasteiger partial charge on any atom is -0.481 e. The summed E-state index contributed by atoms with van der Waals surface area (Å²) < 4.78 is 0. The summed E-state index contributed by atoms with van der Waals surface area (Å²) in [4.78, 5) is 59.8. The molecule has 0 aliphatic heterocycles. The second kappa shape index (κ2) is 15.1. The lowest BCUT2D eigenvalue weighted by atomic mass is 10.0. The van der Waals surface area contributed by atoms with Gasteiger partial charge in [0.2, 0.25) is 17.7 Å². The van der Waals surface area contributed by atoms with Crippen molar-refractivity contribution in [2.45, 2.75) is 83.1 Å². The van der Waals surface area contributed by atoms with Gasteiger partial charge in [0.25, 0.3) is 0 Å². The molecule has 0 aliphatic rings. The fourth-order valence-corrected chi connectivity index (χ4v) is 2.87. The van der Waals surface area contributed by atoms with Crippen molar-refractivity contribution in [3.63, 3.8) is 0 Å². The first-order valence-corrected chi connectivity index (χ1v) is 10.8. The Morgan fingerprint density at radius 3 is 1.85 bits per heavy atom. The molecule has 0 aliphatic carbocycles. The van der Waals surface area contributed by atoms with E-state index < -0.39 is 65.8 Å². The normalized spacial score (nSPS) is 15.6. The molecule has 5 unspecified atom stereocenters. The fourth-order valence-electron chi connectivity index (χ4n) is 2.87. The van der Waals surface area contributed by atoms with E-state index in [2.05, 4.69) is 16.0 Å². The first-order valence-electron chi connectivity index (χ1n) is 10.8. The molecule has 0 aromatic carbocycles. The number of amides is 3. The van der Waals surface area contributed by atoms with E-state index in [1.807, 2.05) is 0 Å². The summed E-state index contributed by atoms with van der Waals surface area (Å²) in [6, 6.07) is -5.01. The number of aliphatic hydroxyl groups is 1. The number of carboxylic acid groups (broad SMARTS) is 2. The van der Waals surface area contributed by atoms with Gasteiger partial charge < -0.3 is 42.7 Å². The van der Waals surface area contributed by atoms with Gasteiger partial charge in [-0.25, -0.2) is 4.79 Å². The van der Waals surface area contributed by atoms with Crippen LogP contribution < -0.4 is 27.4 Å². The maximum atomic E-state index is 12.8. The van der Waals surface area contributed by atoms with E-state index in [0.29, 0.717) is 19.4 Å². The number of unbranched alkanes of at least 4 members (excludes halogenated alkanes) is 1. The highest BCUT2D eigenvalue weighted by molar-refractivity contribution is 5.94. The predicted molar refractivity (Wildman–Crippen MR) is 118 cm³/mol. The molecule has 0 spiro atoms. The van der Waals surface area contributed by atoms with Crippen LogP contribution in [-0.2, 0) is 24.0 Å². The lowest BCUT2D eigenvalue weighted by molar-refractivity contribution is -0.143. The minimum atomic E-state index is -1.47. The number of hydrogen-bond donors (Lipinski definition) is 8. The smallest absolute Gasteiger partial charge is 0.326 e. The van der Waals surface area contributed by atoms with Crippen molar-refractivity contribution in [3.8, 4) is 0 Å². The number of aliphatic carboxylic acids is 2. The number of nitrogens with two attached hydrogens (primary N) is 2. The Balaban J connectivity index is 5.39. The summed E-state index contributed by atoms with van der Waals surface area (Å²) in [6.45, 7) is 4.84. The number of carboxylic acids is 2. The average molecular weight is 476 g/mol. The van der Waals surface area contributed by atoms with Gasteiger partial charge in [-0.15, -0.1) is 0 Å². The van der Waals surface area contributed by atoms with Gasteiger partial charge >= 0.3 is 11.9 Å². The third kappa shape index (κ3) is 11.6. The molecule has 13 nitrogen and oxygen atoms in total. The van der Waals surface area contributed by atoms with E-state index in [4.69, 9.17) is 16.6 Å². The van der Waals surface area contributed by atoms with E-state index in [0.717, 1.165) is 0 Å². The summed E-state index contributed by atoms with van der Waals surface area (Å²) >= 11 is 0. The van der Waals surface area contributed by atoms with Crippen LogP contribution in [0.5, 0.6) is 0 Å². The molecule has 0 saturated carbocycles. The van der Waals surface area contributed by atoms with Crippen molar-refractivity contribution in [3.05, 3.63) is 0 Å². The molecule has 0 radical (unpaired) electrons. The Morgan fingerprint density at radius 2 is 1.39 bits per heavy atom. The van der Waals surface area contributed by atoms with Gasteiger partial charge in [-0.2, -0.15) is 0 Å². The second-order valence-electron chi connectivity index (χ2n) is 8.18. The van der Waals surface area contributed by atoms with E-state index in [9.17, 15) is 34.2 Å². The third-order valence-corrected chi connectivity index (χ3v) is 4.88. The van der Waals surface area contributed by atoms with Crippen molar-refractivity contribution in [2.24, 2.45) is 17.4 Å². The Kier molecular flexibility index (Phi) is 13.9. The molecular formula is C20H37N5O8. The molecule has 33 heavy (non-hydrogen) atoms. The summed E-state index contributed by atoms with van der Waals surface area (Å²) in [7, 11) is 0. The lowest BCUT2D eigenvalue weighted by Crippen LogP contribution is -2.60. The standard InChI is InChI=1S/C20H37N5O8/c1-10(2)15(20(32)33)24-18(30)13(6-4-5-9-21)23-19(31)16(11(3)26)25-17(29)12(22)7-8-14(27)28/h10-13,15-16,26H,4-9,21-22H2,1-3H3,(H,23,31)(H,24,30)(H,25,29)(H,27,28)(H,32,33). The van der Waals surface area contributed by atoms with Gasteiger partial charge in [-0.05, 0) is 45.1 Å². The van der Waals surface area contributed by atoms with Gasteiger partial charge in [0.15, 0.2) is 0 Å². The maximum absolute atomic E-state index is 12.8. The highest BCUT2D eigenvalue weighted by Crippen LogP contribution is 2.07. The Morgan fingerprint density at radius 1 is 0.818 bits per heavy atom. The molecule has 0 saturated heterocycles. The summed E-state index contributed by atoms with van der Waals surface area (Å²) in [5.41, 5.74) is 11.1. The van der Waals surface area contributed by atoms with Gasteiger partial charge in [-0.3, -0.25) is 19.2 Å². The summed E-state index contributed by atoms with van der Waals surface area (Å²) in [5.74, 6) is -5.23. The van der Waals surface area contributed by atoms with Crippen molar-refractivity contribution >= 4 is 29.7 Å². The fraction of sp³-hybridized carbons (Fsp3) is 0.750. The molecular weight excluding hydrogens is 438 g/mol. The molecule has 0 fully saturated rings. The SMILES string of the molecule is CC(C)C(NC(=O)C(CCCCN)NC(=O)C(NC(=O)C(N)CCC(=O)O)C(C)O)C(=O)O. The highest BCUT2D eigenvalue weighted by Gasteiger charge is 2.32. The van der Waals surface area contributed by atoms with Crippen molar-refractivity contribution in [1.29, 1.82) is 0 Å².